The molecule has 0 heterocycles. The summed E-state index contributed by atoms with van der Waals surface area (Å²) in [6.45, 7) is 2.94. The number of hydrogen-bond donors (Lipinski definition) is 2. The van der Waals surface area contributed by atoms with Crippen LogP contribution in [0, 0.1) is 0 Å². The molecule has 2 unspecified atom stereocenters. The van der Waals surface area contributed by atoms with Gasteiger partial charge < -0.3 is 19.9 Å². The fourth-order valence-electron chi connectivity index (χ4n) is 2.92. The molecule has 4 nitrogen and oxygen atoms in total. The molecule has 0 aromatic heterocycles. The van der Waals surface area contributed by atoms with Crippen molar-refractivity contribution in [1.82, 2.24) is 5.32 Å². The van der Waals surface area contributed by atoms with Gasteiger partial charge in [-0.15, -0.1) is 0 Å². The van der Waals surface area contributed by atoms with Gasteiger partial charge in [-0.1, -0.05) is 19.1 Å². The number of rotatable bonds is 7. The lowest BCUT2D eigenvalue weighted by Gasteiger charge is -2.39. The summed E-state index contributed by atoms with van der Waals surface area (Å²) >= 11 is 0. The van der Waals surface area contributed by atoms with Crippen LogP contribution in [-0.2, 0) is 0 Å². The van der Waals surface area contributed by atoms with Crippen molar-refractivity contribution in [3.05, 3.63) is 24.3 Å². The lowest BCUT2D eigenvalue weighted by molar-refractivity contribution is 0.0537. The second kappa shape index (κ2) is 7.66. The Morgan fingerprint density at radius 3 is 2.76 bits per heavy atom. The van der Waals surface area contributed by atoms with E-state index in [1.165, 1.54) is 0 Å². The summed E-state index contributed by atoms with van der Waals surface area (Å²) in [6.07, 6.45) is 4.99. The topological polar surface area (TPSA) is 50.7 Å². The number of hydrogen-bond acceptors (Lipinski definition) is 4. The molecule has 0 amide bonds. The van der Waals surface area contributed by atoms with Crippen LogP contribution in [0.5, 0.6) is 11.5 Å². The van der Waals surface area contributed by atoms with E-state index >= 15 is 0 Å². The van der Waals surface area contributed by atoms with Gasteiger partial charge in [0.25, 0.3) is 0 Å². The number of benzene rings is 1. The maximum atomic E-state index is 9.65. The molecular weight excluding hydrogens is 266 g/mol. The molecule has 0 aliphatic heterocycles. The van der Waals surface area contributed by atoms with Crippen LogP contribution in [0.2, 0.25) is 0 Å². The molecule has 0 bridgehead atoms. The zero-order valence-corrected chi connectivity index (χ0v) is 13.1. The minimum atomic E-state index is -0.206. The molecule has 118 valence electrons. The van der Waals surface area contributed by atoms with Crippen molar-refractivity contribution >= 4 is 0 Å². The average Bonchev–Trinajstić information content (AvgIpc) is 2.54. The molecular formula is C17H27NO3. The first-order valence-corrected chi connectivity index (χ1v) is 7.91. The molecule has 1 aromatic carbocycles. The van der Waals surface area contributed by atoms with Crippen molar-refractivity contribution in [1.29, 1.82) is 0 Å². The second-order valence-electron chi connectivity index (χ2n) is 5.82. The number of ether oxygens (including phenoxy) is 2. The van der Waals surface area contributed by atoms with E-state index in [1.807, 2.05) is 31.3 Å². The summed E-state index contributed by atoms with van der Waals surface area (Å²) in [5, 5.41) is 12.9. The number of para-hydroxylation sites is 2. The summed E-state index contributed by atoms with van der Waals surface area (Å²) in [4.78, 5) is 0. The zero-order chi connectivity index (χ0) is 15.1. The minimum absolute atomic E-state index is 0.115. The first-order chi connectivity index (χ1) is 10.2. The Morgan fingerprint density at radius 1 is 1.33 bits per heavy atom. The van der Waals surface area contributed by atoms with Gasteiger partial charge in [0.1, 0.15) is 6.10 Å². The first kappa shape index (κ1) is 16.1. The van der Waals surface area contributed by atoms with Gasteiger partial charge in [0.05, 0.1) is 13.2 Å². The fourth-order valence-corrected chi connectivity index (χ4v) is 2.92. The van der Waals surface area contributed by atoms with Crippen LogP contribution in [0.1, 0.15) is 39.0 Å². The molecule has 2 atom stereocenters. The summed E-state index contributed by atoms with van der Waals surface area (Å²) < 4.78 is 11.9. The van der Waals surface area contributed by atoms with Gasteiger partial charge in [0, 0.05) is 12.0 Å². The van der Waals surface area contributed by atoms with Crippen molar-refractivity contribution in [2.75, 3.05) is 20.3 Å². The molecule has 2 N–H and O–H groups in total. The predicted molar refractivity (Wildman–Crippen MR) is 84.0 cm³/mol. The number of aliphatic hydroxyl groups is 1. The first-order valence-electron chi connectivity index (χ1n) is 7.91. The largest absolute Gasteiger partial charge is 0.490 e. The van der Waals surface area contributed by atoms with E-state index < -0.39 is 0 Å². The number of nitrogens with one attached hydrogen (secondary N) is 1. The van der Waals surface area contributed by atoms with E-state index in [4.69, 9.17) is 9.47 Å². The number of likely N-dealkylation sites (N-methyl/N-ethyl adjacent to an activating group) is 1. The van der Waals surface area contributed by atoms with Crippen molar-refractivity contribution in [2.45, 2.75) is 50.7 Å². The summed E-state index contributed by atoms with van der Waals surface area (Å²) in [5.74, 6) is 1.62. The van der Waals surface area contributed by atoms with E-state index in [9.17, 15) is 5.11 Å². The molecule has 21 heavy (non-hydrogen) atoms. The third-order valence-electron chi connectivity index (χ3n) is 4.24. The predicted octanol–water partition coefficient (Wildman–Crippen LogP) is 2.75. The Hall–Kier alpha value is -1.26. The second-order valence-corrected chi connectivity index (χ2v) is 5.82. The molecule has 0 saturated heterocycles. The highest BCUT2D eigenvalue weighted by Gasteiger charge is 2.35. The van der Waals surface area contributed by atoms with Gasteiger partial charge in [0.2, 0.25) is 0 Å². The summed E-state index contributed by atoms with van der Waals surface area (Å²) in [6, 6.07) is 7.84. The fraction of sp³-hybridized carbons (Fsp3) is 0.647. The Morgan fingerprint density at radius 2 is 2.10 bits per heavy atom. The van der Waals surface area contributed by atoms with E-state index in [0.29, 0.717) is 6.61 Å². The molecule has 0 spiro atoms. The lowest BCUT2D eigenvalue weighted by atomic mass is 9.81. The van der Waals surface area contributed by atoms with Crippen molar-refractivity contribution in [3.8, 4) is 11.5 Å². The Bertz CT molecular complexity index is 432. The summed E-state index contributed by atoms with van der Waals surface area (Å²) in [7, 11) is 1.91. The normalized spacial score (nSPS) is 25.6. The van der Waals surface area contributed by atoms with Crippen LogP contribution in [0.15, 0.2) is 24.3 Å². The van der Waals surface area contributed by atoms with Crippen LogP contribution in [0.25, 0.3) is 0 Å². The number of aliphatic hydroxyl groups excluding tert-OH is 1. The Kier molecular flexibility index (Phi) is 5.88. The van der Waals surface area contributed by atoms with Crippen LogP contribution in [0.3, 0.4) is 0 Å². The van der Waals surface area contributed by atoms with Gasteiger partial charge in [-0.25, -0.2) is 0 Å². The van der Waals surface area contributed by atoms with Gasteiger partial charge in [-0.2, -0.15) is 0 Å². The van der Waals surface area contributed by atoms with Crippen LogP contribution in [0.4, 0.5) is 0 Å². The molecule has 1 aliphatic rings. The van der Waals surface area contributed by atoms with Crippen LogP contribution >= 0.6 is 0 Å². The average molecular weight is 293 g/mol. The highest BCUT2D eigenvalue weighted by atomic mass is 16.5. The third-order valence-corrected chi connectivity index (χ3v) is 4.24. The minimum Gasteiger partial charge on any atom is -0.490 e. The van der Waals surface area contributed by atoms with E-state index in [0.717, 1.165) is 43.6 Å². The molecule has 1 saturated carbocycles. The van der Waals surface area contributed by atoms with Crippen molar-refractivity contribution in [2.24, 2.45) is 0 Å². The highest BCUT2D eigenvalue weighted by molar-refractivity contribution is 5.39. The standard InChI is InChI=1S/C17H27NO3/c1-3-11-20-15-8-4-5-9-16(15)21-14-7-6-10-17(12-14,13-19)18-2/h4-5,8-9,14,18-19H,3,6-7,10-13H2,1-2H3. The third kappa shape index (κ3) is 4.11. The van der Waals surface area contributed by atoms with Crippen LogP contribution in [-0.4, -0.2) is 37.0 Å². The maximum absolute atomic E-state index is 9.65. The summed E-state index contributed by atoms with van der Waals surface area (Å²) in [5.41, 5.74) is -0.206. The van der Waals surface area contributed by atoms with Gasteiger partial charge in [-0.05, 0) is 44.9 Å². The SMILES string of the molecule is CCCOc1ccccc1OC1CCCC(CO)(NC)C1. The van der Waals surface area contributed by atoms with E-state index in [1.54, 1.807) is 0 Å². The molecule has 1 aromatic rings. The molecule has 1 fully saturated rings. The molecule has 0 radical (unpaired) electrons. The van der Waals surface area contributed by atoms with E-state index in [2.05, 4.69) is 12.2 Å². The van der Waals surface area contributed by atoms with Gasteiger partial charge >= 0.3 is 0 Å². The molecule has 1 aliphatic carbocycles. The Labute approximate surface area is 127 Å². The van der Waals surface area contributed by atoms with Crippen molar-refractivity contribution < 1.29 is 14.6 Å². The Balaban J connectivity index is 2.04. The van der Waals surface area contributed by atoms with Gasteiger partial charge in [0.15, 0.2) is 11.5 Å². The quantitative estimate of drug-likeness (QED) is 0.811. The monoisotopic (exact) mass is 293 g/mol. The maximum Gasteiger partial charge on any atom is 0.161 e. The van der Waals surface area contributed by atoms with Crippen LogP contribution < -0.4 is 14.8 Å². The van der Waals surface area contributed by atoms with E-state index in [-0.39, 0.29) is 18.2 Å². The lowest BCUT2D eigenvalue weighted by Crippen LogP contribution is -2.52. The van der Waals surface area contributed by atoms with Gasteiger partial charge in [-0.3, -0.25) is 0 Å². The molecule has 4 heteroatoms. The zero-order valence-electron chi connectivity index (χ0n) is 13.1. The highest BCUT2D eigenvalue weighted by Crippen LogP contribution is 2.34. The smallest absolute Gasteiger partial charge is 0.161 e. The van der Waals surface area contributed by atoms with Crippen molar-refractivity contribution in [3.63, 3.8) is 0 Å². The molecule has 2 rings (SSSR count).